The fourth-order valence-electron chi connectivity index (χ4n) is 4.21. The summed E-state index contributed by atoms with van der Waals surface area (Å²) in [5, 5.41) is 3.42. The molecule has 3 atom stereocenters. The summed E-state index contributed by atoms with van der Waals surface area (Å²) in [6.07, 6.45) is 4.97. The third-order valence-electron chi connectivity index (χ3n) is 6.01. The van der Waals surface area contributed by atoms with Gasteiger partial charge in [-0.2, -0.15) is 0 Å². The Morgan fingerprint density at radius 3 is 2.16 bits per heavy atom. The third-order valence-corrected chi connectivity index (χ3v) is 6.26. The molecule has 1 saturated heterocycles. The number of hydrogen-bond acceptors (Lipinski definition) is 4. The molecule has 7 nitrogen and oxygen atoms in total. The number of hydrogen-bond donors (Lipinski definition) is 1. The van der Waals surface area contributed by atoms with Crippen molar-refractivity contribution in [2.45, 2.75) is 58.7 Å². The summed E-state index contributed by atoms with van der Waals surface area (Å²) >= 11 is 5.96. The second-order valence-electron chi connectivity index (χ2n) is 8.72. The number of rotatable bonds is 8. The van der Waals surface area contributed by atoms with Crippen LogP contribution < -0.4 is 5.32 Å². The fourth-order valence-corrected chi connectivity index (χ4v) is 4.34. The Morgan fingerprint density at radius 2 is 1.62 bits per heavy atom. The number of benzene rings is 1. The van der Waals surface area contributed by atoms with E-state index in [1.54, 1.807) is 31.2 Å². The lowest BCUT2D eigenvalue weighted by Gasteiger charge is -2.30. The summed E-state index contributed by atoms with van der Waals surface area (Å²) in [4.78, 5) is 53.9. The maximum absolute atomic E-state index is 13.2. The van der Waals surface area contributed by atoms with E-state index < -0.39 is 6.04 Å². The highest BCUT2D eigenvalue weighted by Gasteiger charge is 2.47. The monoisotopic (exact) mass is 459 g/mol. The number of allylic oxidation sites excluding steroid dienone is 2. The van der Waals surface area contributed by atoms with Crippen molar-refractivity contribution in [1.82, 2.24) is 15.1 Å². The molecule has 1 unspecified atom stereocenters. The highest BCUT2D eigenvalue weighted by molar-refractivity contribution is 6.30. The average Bonchev–Trinajstić information content (AvgIpc) is 3.00. The molecule has 1 aliphatic carbocycles. The van der Waals surface area contributed by atoms with Crippen LogP contribution in [0.3, 0.4) is 0 Å². The Hall–Kier alpha value is -2.67. The van der Waals surface area contributed by atoms with Gasteiger partial charge in [0.1, 0.15) is 6.04 Å². The van der Waals surface area contributed by atoms with Crippen molar-refractivity contribution in [3.05, 3.63) is 47.0 Å². The molecule has 0 bridgehead atoms. The number of nitrogens with one attached hydrogen (secondary N) is 1. The quantitative estimate of drug-likeness (QED) is 0.478. The Labute approximate surface area is 193 Å². The van der Waals surface area contributed by atoms with Gasteiger partial charge in [-0.3, -0.25) is 24.1 Å². The maximum Gasteiger partial charge on any atom is 0.242 e. The van der Waals surface area contributed by atoms with Crippen molar-refractivity contribution < 1.29 is 19.2 Å². The van der Waals surface area contributed by atoms with Crippen LogP contribution in [0.4, 0.5) is 0 Å². The van der Waals surface area contributed by atoms with E-state index in [-0.39, 0.29) is 61.0 Å². The lowest BCUT2D eigenvalue weighted by Crippen LogP contribution is -2.49. The Bertz CT molecular complexity index is 886. The molecule has 8 heteroatoms. The van der Waals surface area contributed by atoms with Crippen molar-refractivity contribution in [3.63, 3.8) is 0 Å². The van der Waals surface area contributed by atoms with E-state index in [0.717, 1.165) is 5.56 Å². The van der Waals surface area contributed by atoms with Gasteiger partial charge in [0.25, 0.3) is 0 Å². The highest BCUT2D eigenvalue weighted by Crippen LogP contribution is 2.35. The minimum atomic E-state index is -0.711. The van der Waals surface area contributed by atoms with E-state index in [9.17, 15) is 19.2 Å². The van der Waals surface area contributed by atoms with E-state index in [2.05, 4.69) is 5.32 Å². The van der Waals surface area contributed by atoms with Crippen LogP contribution in [0.1, 0.15) is 45.6 Å². The molecule has 4 amide bonds. The van der Waals surface area contributed by atoms with E-state index in [0.29, 0.717) is 17.9 Å². The molecule has 0 radical (unpaired) electrons. The molecule has 1 aliphatic heterocycles. The minimum Gasteiger partial charge on any atom is -0.352 e. The Morgan fingerprint density at radius 1 is 1.06 bits per heavy atom. The summed E-state index contributed by atoms with van der Waals surface area (Å²) in [6, 6.07) is 6.30. The number of carbonyl (C=O) groups is 4. The fraction of sp³-hybridized carbons (Fsp3) is 0.500. The number of halogens is 1. The summed E-state index contributed by atoms with van der Waals surface area (Å²) in [7, 11) is 0. The van der Waals surface area contributed by atoms with Gasteiger partial charge in [0, 0.05) is 30.6 Å². The van der Waals surface area contributed by atoms with Gasteiger partial charge in [-0.15, -0.1) is 0 Å². The molecule has 1 fully saturated rings. The summed E-state index contributed by atoms with van der Waals surface area (Å²) in [5.41, 5.74) is 0.831. The molecule has 3 rings (SSSR count). The van der Waals surface area contributed by atoms with Gasteiger partial charge >= 0.3 is 0 Å². The zero-order valence-corrected chi connectivity index (χ0v) is 19.5. The van der Waals surface area contributed by atoms with Crippen LogP contribution in [0.15, 0.2) is 36.4 Å². The second kappa shape index (κ2) is 10.3. The van der Waals surface area contributed by atoms with Gasteiger partial charge in [0.15, 0.2) is 0 Å². The lowest BCUT2D eigenvalue weighted by molar-refractivity contribution is -0.143. The molecule has 1 aromatic rings. The molecule has 0 saturated carbocycles. The number of amides is 4. The molecule has 0 spiro atoms. The van der Waals surface area contributed by atoms with Crippen molar-refractivity contribution in [2.75, 3.05) is 6.54 Å². The van der Waals surface area contributed by atoms with Gasteiger partial charge in [-0.25, -0.2) is 0 Å². The van der Waals surface area contributed by atoms with Crippen LogP contribution in [0.25, 0.3) is 0 Å². The van der Waals surface area contributed by atoms with Crippen molar-refractivity contribution >= 4 is 35.2 Å². The van der Waals surface area contributed by atoms with Gasteiger partial charge in [-0.1, -0.05) is 35.9 Å². The summed E-state index contributed by atoms with van der Waals surface area (Å²) in [6.45, 7) is 5.64. The standard InChI is InChI=1S/C24H30ClN3O4/c1-15(2)26-22(30)16(3)28(14-17-8-10-18(25)11-9-17)21(29)12-13-27-23(31)19-6-4-5-7-20(19)24(27)32/h4-5,8-11,15-16,19-20H,6-7,12-14H2,1-3H3,(H,26,30)/t16?,19-,20+. The van der Waals surface area contributed by atoms with Gasteiger partial charge in [0.2, 0.25) is 23.6 Å². The Balaban J connectivity index is 1.71. The average molecular weight is 460 g/mol. The Kier molecular flexibility index (Phi) is 7.72. The minimum absolute atomic E-state index is 0.0269. The van der Waals surface area contributed by atoms with Gasteiger partial charge in [0.05, 0.1) is 11.8 Å². The van der Waals surface area contributed by atoms with Crippen molar-refractivity contribution in [1.29, 1.82) is 0 Å². The van der Waals surface area contributed by atoms with E-state index in [1.165, 1.54) is 9.80 Å². The molecule has 1 heterocycles. The van der Waals surface area contributed by atoms with Gasteiger partial charge < -0.3 is 10.2 Å². The number of carbonyl (C=O) groups excluding carboxylic acids is 4. The second-order valence-corrected chi connectivity index (χ2v) is 9.16. The first-order valence-corrected chi connectivity index (χ1v) is 11.4. The van der Waals surface area contributed by atoms with Crippen LogP contribution in [0, 0.1) is 11.8 Å². The number of nitrogens with zero attached hydrogens (tertiary/aromatic N) is 2. The van der Waals surface area contributed by atoms with Crippen LogP contribution in [-0.2, 0) is 25.7 Å². The van der Waals surface area contributed by atoms with Crippen LogP contribution >= 0.6 is 11.6 Å². The highest BCUT2D eigenvalue weighted by atomic mass is 35.5. The number of fused-ring (bicyclic) bond motifs is 1. The number of imide groups is 1. The molecule has 2 aliphatic rings. The largest absolute Gasteiger partial charge is 0.352 e. The molecule has 1 aromatic carbocycles. The van der Waals surface area contributed by atoms with Crippen molar-refractivity contribution in [2.24, 2.45) is 11.8 Å². The number of likely N-dealkylation sites (tertiary alicyclic amines) is 1. The molecule has 0 aromatic heterocycles. The summed E-state index contributed by atoms with van der Waals surface area (Å²) in [5.74, 6) is -1.58. The first-order valence-electron chi connectivity index (χ1n) is 11.0. The zero-order valence-electron chi connectivity index (χ0n) is 18.7. The molecular weight excluding hydrogens is 430 g/mol. The van der Waals surface area contributed by atoms with E-state index >= 15 is 0 Å². The maximum atomic E-state index is 13.2. The van der Waals surface area contributed by atoms with Crippen LogP contribution in [0.2, 0.25) is 5.02 Å². The van der Waals surface area contributed by atoms with Crippen LogP contribution in [-0.4, -0.2) is 52.1 Å². The smallest absolute Gasteiger partial charge is 0.242 e. The lowest BCUT2D eigenvalue weighted by atomic mass is 9.85. The molecule has 172 valence electrons. The predicted molar refractivity (Wildman–Crippen MR) is 121 cm³/mol. The normalized spacial score (nSPS) is 21.0. The predicted octanol–water partition coefficient (Wildman–Crippen LogP) is 2.92. The van der Waals surface area contributed by atoms with Crippen molar-refractivity contribution in [3.8, 4) is 0 Å². The molecule has 1 N–H and O–H groups in total. The SMILES string of the molecule is CC(C)NC(=O)C(C)N(Cc1ccc(Cl)cc1)C(=O)CCN1C(=O)[C@H]2CC=CC[C@H]2C1=O. The first-order chi connectivity index (χ1) is 15.2. The van der Waals surface area contributed by atoms with E-state index in [1.807, 2.05) is 26.0 Å². The molecule has 32 heavy (non-hydrogen) atoms. The van der Waals surface area contributed by atoms with E-state index in [4.69, 9.17) is 11.6 Å². The zero-order chi connectivity index (χ0) is 23.4. The third kappa shape index (κ3) is 5.38. The summed E-state index contributed by atoms with van der Waals surface area (Å²) < 4.78 is 0. The van der Waals surface area contributed by atoms with Crippen LogP contribution in [0.5, 0.6) is 0 Å². The molecular formula is C24H30ClN3O4. The first kappa shape index (κ1) is 24.0. The van der Waals surface area contributed by atoms with Gasteiger partial charge in [-0.05, 0) is 51.3 Å². The topological polar surface area (TPSA) is 86.8 Å².